The van der Waals surface area contributed by atoms with Crippen molar-refractivity contribution in [3.8, 4) is 28.4 Å². The summed E-state index contributed by atoms with van der Waals surface area (Å²) in [5, 5.41) is 0.633. The predicted octanol–water partition coefficient (Wildman–Crippen LogP) is 5.40. The number of ketones is 1. The van der Waals surface area contributed by atoms with Crippen molar-refractivity contribution in [2.75, 3.05) is 14.2 Å². The predicted molar refractivity (Wildman–Crippen MR) is 130 cm³/mol. The maximum absolute atomic E-state index is 12.8. The minimum absolute atomic E-state index is 0.178. The number of carbonyl (C=O) groups is 1. The van der Waals surface area contributed by atoms with Crippen molar-refractivity contribution in [2.24, 2.45) is 0 Å². The Morgan fingerprint density at radius 3 is 2.45 bits per heavy atom. The molecule has 0 saturated heterocycles. The van der Waals surface area contributed by atoms with Crippen molar-refractivity contribution in [2.45, 2.75) is 0 Å². The molecule has 3 aromatic carbocycles. The van der Waals surface area contributed by atoms with Crippen LogP contribution in [0.1, 0.15) is 15.9 Å². The molecule has 0 aliphatic heterocycles. The van der Waals surface area contributed by atoms with Gasteiger partial charge in [-0.05, 0) is 54.1 Å². The Labute approximate surface area is 195 Å². The van der Waals surface area contributed by atoms with Crippen LogP contribution in [-0.2, 0) is 0 Å². The molecule has 33 heavy (non-hydrogen) atoms. The first kappa shape index (κ1) is 22.2. The third-order valence-electron chi connectivity index (χ3n) is 5.14. The van der Waals surface area contributed by atoms with Crippen molar-refractivity contribution in [1.82, 2.24) is 9.55 Å². The molecule has 0 spiro atoms. The van der Waals surface area contributed by atoms with Gasteiger partial charge in [0.05, 0.1) is 25.6 Å². The van der Waals surface area contributed by atoms with E-state index in [0.717, 1.165) is 11.1 Å². The first-order valence-corrected chi connectivity index (χ1v) is 10.5. The van der Waals surface area contributed by atoms with Crippen LogP contribution >= 0.6 is 11.6 Å². The van der Waals surface area contributed by atoms with Gasteiger partial charge in [0.25, 0.3) is 0 Å². The molecule has 0 bridgehead atoms. The average molecular weight is 461 g/mol. The summed E-state index contributed by atoms with van der Waals surface area (Å²) < 4.78 is 12.2. The Bertz CT molecular complexity index is 1380. The number of ether oxygens (including phenoxy) is 2. The van der Waals surface area contributed by atoms with Gasteiger partial charge in [-0.15, -0.1) is 0 Å². The van der Waals surface area contributed by atoms with Crippen LogP contribution in [-0.4, -0.2) is 29.6 Å². The number of nitrogens with zero attached hydrogens (tertiary/aromatic N) is 1. The molecule has 6 nitrogen and oxygen atoms in total. The lowest BCUT2D eigenvalue weighted by molar-refractivity contribution is 0.104. The van der Waals surface area contributed by atoms with E-state index in [9.17, 15) is 9.59 Å². The van der Waals surface area contributed by atoms with E-state index in [1.54, 1.807) is 75.0 Å². The Hall–Kier alpha value is -4.03. The summed E-state index contributed by atoms with van der Waals surface area (Å²) >= 11 is 5.90. The first-order chi connectivity index (χ1) is 16.0. The normalized spacial score (nSPS) is 11.0. The second-order valence-electron chi connectivity index (χ2n) is 7.18. The zero-order valence-electron chi connectivity index (χ0n) is 18.0. The summed E-state index contributed by atoms with van der Waals surface area (Å²) in [6.45, 7) is 0. The fraction of sp³-hybridized carbons (Fsp3) is 0.0769. The van der Waals surface area contributed by atoms with Gasteiger partial charge < -0.3 is 14.5 Å². The molecule has 166 valence electrons. The van der Waals surface area contributed by atoms with E-state index in [1.165, 1.54) is 10.6 Å². The topological polar surface area (TPSA) is 73.3 Å². The van der Waals surface area contributed by atoms with Crippen molar-refractivity contribution < 1.29 is 14.3 Å². The van der Waals surface area contributed by atoms with Gasteiger partial charge in [-0.2, -0.15) is 0 Å². The van der Waals surface area contributed by atoms with Gasteiger partial charge in [0, 0.05) is 22.3 Å². The van der Waals surface area contributed by atoms with Gasteiger partial charge in [-0.3, -0.25) is 9.36 Å². The fourth-order valence-electron chi connectivity index (χ4n) is 3.47. The highest BCUT2D eigenvalue weighted by Crippen LogP contribution is 2.32. The zero-order chi connectivity index (χ0) is 23.4. The number of halogens is 1. The molecule has 0 amide bonds. The van der Waals surface area contributed by atoms with Crippen molar-refractivity contribution in [3.63, 3.8) is 0 Å². The van der Waals surface area contributed by atoms with Crippen molar-refractivity contribution in [1.29, 1.82) is 0 Å². The Balaban J connectivity index is 1.68. The number of carbonyl (C=O) groups excluding carboxylic acids is 1. The molecular weight excluding hydrogens is 440 g/mol. The number of imidazole rings is 1. The molecule has 0 radical (unpaired) electrons. The van der Waals surface area contributed by atoms with Crippen LogP contribution < -0.4 is 15.2 Å². The smallest absolute Gasteiger partial charge is 0.330 e. The molecule has 0 atom stereocenters. The van der Waals surface area contributed by atoms with Gasteiger partial charge in [0.2, 0.25) is 0 Å². The maximum Gasteiger partial charge on any atom is 0.330 e. The Kier molecular flexibility index (Phi) is 6.47. The summed E-state index contributed by atoms with van der Waals surface area (Å²) in [6, 6.07) is 19.5. The molecule has 0 aliphatic carbocycles. The second-order valence-corrected chi connectivity index (χ2v) is 7.62. The largest absolute Gasteiger partial charge is 0.493 e. The lowest BCUT2D eigenvalue weighted by Crippen LogP contribution is -2.16. The molecule has 7 heteroatoms. The van der Waals surface area contributed by atoms with Crippen molar-refractivity contribution >= 4 is 23.5 Å². The molecule has 4 aromatic rings. The van der Waals surface area contributed by atoms with E-state index in [2.05, 4.69) is 4.98 Å². The van der Waals surface area contributed by atoms with Crippen LogP contribution in [0.4, 0.5) is 0 Å². The number of benzene rings is 3. The van der Waals surface area contributed by atoms with Crippen molar-refractivity contribution in [3.05, 3.63) is 106 Å². The Morgan fingerprint density at radius 2 is 1.73 bits per heavy atom. The maximum atomic E-state index is 12.8. The number of rotatable bonds is 7. The number of allylic oxidation sites excluding steroid dienone is 1. The molecular formula is C26H21ClN2O4. The number of hydrogen-bond acceptors (Lipinski definition) is 4. The molecule has 0 fully saturated rings. The number of nitrogens with one attached hydrogen (secondary N) is 1. The van der Waals surface area contributed by atoms with Crippen LogP contribution in [0.25, 0.3) is 23.0 Å². The van der Waals surface area contributed by atoms with E-state index >= 15 is 0 Å². The Morgan fingerprint density at radius 1 is 0.970 bits per heavy atom. The number of hydrogen-bond donors (Lipinski definition) is 1. The minimum atomic E-state index is -0.318. The number of aromatic nitrogens is 2. The van der Waals surface area contributed by atoms with Gasteiger partial charge in [0.15, 0.2) is 17.3 Å². The molecule has 4 rings (SSSR count). The third-order valence-corrected chi connectivity index (χ3v) is 5.39. The summed E-state index contributed by atoms with van der Waals surface area (Å²) in [5.41, 5.74) is 2.95. The molecule has 0 saturated carbocycles. The van der Waals surface area contributed by atoms with E-state index in [0.29, 0.717) is 33.5 Å². The van der Waals surface area contributed by atoms with Crippen LogP contribution in [0.5, 0.6) is 11.5 Å². The summed E-state index contributed by atoms with van der Waals surface area (Å²) in [7, 11) is 3.12. The van der Waals surface area contributed by atoms with Crippen LogP contribution in [0.2, 0.25) is 5.02 Å². The summed E-state index contributed by atoms with van der Waals surface area (Å²) in [5.74, 6) is 0.959. The van der Waals surface area contributed by atoms with Gasteiger partial charge in [-0.1, -0.05) is 41.9 Å². The van der Waals surface area contributed by atoms with E-state index in [-0.39, 0.29) is 11.5 Å². The highest BCUT2D eigenvalue weighted by molar-refractivity contribution is 6.30. The standard InChI is InChI=1S/C26H21ClN2O4/c1-32-24-13-9-18(15-25(24)33-2)22-16-28-26(31)29(22)21-5-3-4-19(14-21)23(30)12-8-17-6-10-20(27)11-7-17/h3-16H,1-2H3,(H,28,31). The monoisotopic (exact) mass is 460 g/mol. The number of methoxy groups -OCH3 is 2. The first-order valence-electron chi connectivity index (χ1n) is 10.1. The van der Waals surface area contributed by atoms with Gasteiger partial charge in [0.1, 0.15) is 0 Å². The lowest BCUT2D eigenvalue weighted by atomic mass is 10.1. The summed E-state index contributed by atoms with van der Waals surface area (Å²) in [4.78, 5) is 28.1. The van der Waals surface area contributed by atoms with Crippen LogP contribution in [0, 0.1) is 0 Å². The fourth-order valence-corrected chi connectivity index (χ4v) is 3.60. The van der Waals surface area contributed by atoms with Gasteiger partial charge in [-0.25, -0.2) is 4.79 Å². The lowest BCUT2D eigenvalue weighted by Gasteiger charge is -2.12. The SMILES string of the molecule is COc1ccc(-c2c[nH]c(=O)n2-c2cccc(C(=O)C=Cc3ccc(Cl)cc3)c2)cc1OC. The van der Waals surface area contributed by atoms with Crippen LogP contribution in [0.3, 0.4) is 0 Å². The van der Waals surface area contributed by atoms with Gasteiger partial charge >= 0.3 is 5.69 Å². The third kappa shape index (κ3) is 4.76. The molecule has 1 heterocycles. The molecule has 1 N–H and O–H groups in total. The average Bonchev–Trinajstić information content (AvgIpc) is 3.24. The quantitative estimate of drug-likeness (QED) is 0.296. The van der Waals surface area contributed by atoms with E-state index in [1.807, 2.05) is 18.2 Å². The second kappa shape index (κ2) is 9.63. The molecule has 0 aliphatic rings. The van der Waals surface area contributed by atoms with E-state index < -0.39 is 0 Å². The molecule has 0 unspecified atom stereocenters. The highest BCUT2D eigenvalue weighted by Gasteiger charge is 2.14. The summed E-state index contributed by atoms with van der Waals surface area (Å²) in [6.07, 6.45) is 4.85. The van der Waals surface area contributed by atoms with E-state index in [4.69, 9.17) is 21.1 Å². The van der Waals surface area contributed by atoms with Crippen LogP contribution in [0.15, 0.2) is 83.8 Å². The zero-order valence-corrected chi connectivity index (χ0v) is 18.8. The highest BCUT2D eigenvalue weighted by atomic mass is 35.5. The minimum Gasteiger partial charge on any atom is -0.493 e. The number of aromatic amines is 1. The number of H-pyrrole nitrogens is 1. The molecule has 1 aromatic heterocycles.